The van der Waals surface area contributed by atoms with Crippen LogP contribution < -0.4 is 0 Å². The van der Waals surface area contributed by atoms with Crippen LogP contribution in [0, 0.1) is 5.92 Å². The molecule has 0 N–H and O–H groups in total. The lowest BCUT2D eigenvalue weighted by molar-refractivity contribution is -0.151. The van der Waals surface area contributed by atoms with E-state index in [0.717, 1.165) is 29.4 Å². The SMILES string of the molecule is O=C(/C=C/c1ccccc1Br)OCC(=O)N1CCC[C@@H]2CCCC[C@H]21. The Balaban J connectivity index is 1.51. The number of benzene rings is 1. The first-order valence-corrected chi connectivity index (χ1v) is 9.83. The quantitative estimate of drug-likeness (QED) is 0.557. The van der Waals surface area contributed by atoms with Gasteiger partial charge in [-0.1, -0.05) is 47.0 Å². The standard InChI is InChI=1S/C20H24BrNO3/c21-17-9-3-1-6-15(17)11-12-20(24)25-14-19(23)22-13-5-8-16-7-2-4-10-18(16)22/h1,3,6,9,11-12,16,18H,2,4-5,7-8,10,13-14H2/b12-11+/t16-,18+/m0/s1. The van der Waals surface area contributed by atoms with Crippen molar-refractivity contribution in [3.05, 3.63) is 40.4 Å². The van der Waals surface area contributed by atoms with Crippen LogP contribution >= 0.6 is 15.9 Å². The highest BCUT2D eigenvalue weighted by atomic mass is 79.9. The van der Waals surface area contributed by atoms with E-state index in [1.165, 1.54) is 31.8 Å². The second-order valence-corrected chi connectivity index (χ2v) is 7.66. The maximum atomic E-state index is 12.5. The first kappa shape index (κ1) is 18.2. The summed E-state index contributed by atoms with van der Waals surface area (Å²) in [6, 6.07) is 7.97. The summed E-state index contributed by atoms with van der Waals surface area (Å²) in [5, 5.41) is 0. The van der Waals surface area contributed by atoms with E-state index in [1.54, 1.807) is 6.08 Å². The van der Waals surface area contributed by atoms with Crippen LogP contribution in [0.1, 0.15) is 44.1 Å². The zero-order valence-corrected chi connectivity index (χ0v) is 15.9. The van der Waals surface area contributed by atoms with Crippen LogP contribution in [-0.2, 0) is 14.3 Å². The van der Waals surface area contributed by atoms with Gasteiger partial charge >= 0.3 is 5.97 Å². The Morgan fingerprint density at radius 1 is 1.16 bits per heavy atom. The van der Waals surface area contributed by atoms with Crippen molar-refractivity contribution in [2.24, 2.45) is 5.92 Å². The Morgan fingerprint density at radius 2 is 1.92 bits per heavy atom. The smallest absolute Gasteiger partial charge is 0.331 e. The number of halogens is 1. The molecule has 0 radical (unpaired) electrons. The summed E-state index contributed by atoms with van der Waals surface area (Å²) in [6.07, 6.45) is 10.1. The van der Waals surface area contributed by atoms with Crippen molar-refractivity contribution in [2.75, 3.05) is 13.2 Å². The zero-order valence-electron chi connectivity index (χ0n) is 14.3. The molecule has 0 bridgehead atoms. The summed E-state index contributed by atoms with van der Waals surface area (Å²) < 4.78 is 6.08. The number of ether oxygens (including phenoxy) is 1. The third-order valence-corrected chi connectivity index (χ3v) is 5.93. The normalized spacial score (nSPS) is 23.3. The number of hydrogen-bond acceptors (Lipinski definition) is 3. The van der Waals surface area contributed by atoms with E-state index in [4.69, 9.17) is 4.74 Å². The van der Waals surface area contributed by atoms with Crippen molar-refractivity contribution < 1.29 is 14.3 Å². The maximum absolute atomic E-state index is 12.5. The summed E-state index contributed by atoms with van der Waals surface area (Å²) in [6.45, 7) is 0.632. The van der Waals surface area contributed by atoms with Gasteiger partial charge in [-0.15, -0.1) is 0 Å². The molecule has 0 spiro atoms. The van der Waals surface area contributed by atoms with Crippen molar-refractivity contribution >= 4 is 33.9 Å². The van der Waals surface area contributed by atoms with Crippen LogP contribution in [0.4, 0.5) is 0 Å². The van der Waals surface area contributed by atoms with E-state index >= 15 is 0 Å². The summed E-state index contributed by atoms with van der Waals surface area (Å²) >= 11 is 3.43. The molecule has 2 aliphatic rings. The van der Waals surface area contributed by atoms with Gasteiger partial charge in [0, 0.05) is 23.1 Å². The van der Waals surface area contributed by atoms with E-state index in [1.807, 2.05) is 29.2 Å². The fourth-order valence-corrected chi connectivity index (χ4v) is 4.38. The Morgan fingerprint density at radius 3 is 2.76 bits per heavy atom. The maximum Gasteiger partial charge on any atom is 0.331 e. The van der Waals surface area contributed by atoms with Crippen molar-refractivity contribution in [3.63, 3.8) is 0 Å². The average Bonchev–Trinajstić information content (AvgIpc) is 2.65. The Bertz CT molecular complexity index is 656. The van der Waals surface area contributed by atoms with Crippen molar-refractivity contribution in [3.8, 4) is 0 Å². The summed E-state index contributed by atoms with van der Waals surface area (Å²) in [5.74, 6) is 0.0954. The second-order valence-electron chi connectivity index (χ2n) is 6.80. The first-order valence-electron chi connectivity index (χ1n) is 9.04. The molecule has 1 aliphatic carbocycles. The molecule has 0 aromatic heterocycles. The number of hydrogen-bond donors (Lipinski definition) is 0. The number of carbonyl (C=O) groups is 2. The summed E-state index contributed by atoms with van der Waals surface area (Å²) in [4.78, 5) is 26.4. The van der Waals surface area contributed by atoms with Gasteiger partial charge in [-0.2, -0.15) is 0 Å². The lowest BCUT2D eigenvalue weighted by atomic mass is 9.78. The Kier molecular flexibility index (Phi) is 6.29. The van der Waals surface area contributed by atoms with Gasteiger partial charge in [-0.25, -0.2) is 4.79 Å². The highest BCUT2D eigenvalue weighted by Crippen LogP contribution is 2.35. The molecule has 3 rings (SSSR count). The molecule has 4 nitrogen and oxygen atoms in total. The van der Waals surface area contributed by atoms with Gasteiger partial charge in [0.25, 0.3) is 5.91 Å². The molecule has 2 fully saturated rings. The van der Waals surface area contributed by atoms with E-state index in [9.17, 15) is 9.59 Å². The first-order chi connectivity index (χ1) is 12.1. The molecule has 1 amide bonds. The van der Waals surface area contributed by atoms with Gasteiger partial charge in [0.15, 0.2) is 6.61 Å². The van der Waals surface area contributed by atoms with Crippen LogP contribution in [0.3, 0.4) is 0 Å². The zero-order chi connectivity index (χ0) is 17.6. The van der Waals surface area contributed by atoms with Gasteiger partial charge < -0.3 is 9.64 Å². The number of carbonyl (C=O) groups excluding carboxylic acids is 2. The highest BCUT2D eigenvalue weighted by Gasteiger charge is 2.35. The molecule has 1 saturated carbocycles. The predicted molar refractivity (Wildman–Crippen MR) is 101 cm³/mol. The minimum atomic E-state index is -0.485. The number of piperidine rings is 1. The minimum Gasteiger partial charge on any atom is -0.452 e. The number of nitrogens with zero attached hydrogens (tertiary/aromatic N) is 1. The molecule has 134 valence electrons. The molecule has 0 unspecified atom stereocenters. The van der Waals surface area contributed by atoms with Gasteiger partial charge in [0.1, 0.15) is 0 Å². The molecule has 2 atom stereocenters. The van der Waals surface area contributed by atoms with E-state index in [2.05, 4.69) is 15.9 Å². The molecular weight excluding hydrogens is 382 g/mol. The predicted octanol–water partition coefficient (Wildman–Crippen LogP) is 4.19. The number of likely N-dealkylation sites (tertiary alicyclic amines) is 1. The van der Waals surface area contributed by atoms with Crippen LogP contribution in [0.5, 0.6) is 0 Å². The molecule has 25 heavy (non-hydrogen) atoms. The molecule has 5 heteroatoms. The molecule has 1 aromatic carbocycles. The molecular formula is C20H24BrNO3. The second kappa shape index (κ2) is 8.65. The van der Waals surface area contributed by atoms with E-state index in [-0.39, 0.29) is 12.5 Å². The fourth-order valence-electron chi connectivity index (χ4n) is 3.97. The van der Waals surface area contributed by atoms with Crippen LogP contribution in [0.2, 0.25) is 0 Å². The molecule has 1 aromatic rings. The number of esters is 1. The van der Waals surface area contributed by atoms with Gasteiger partial charge in [0.2, 0.25) is 0 Å². The highest BCUT2D eigenvalue weighted by molar-refractivity contribution is 9.10. The minimum absolute atomic E-state index is 0.0563. The average molecular weight is 406 g/mol. The van der Waals surface area contributed by atoms with Gasteiger partial charge in [0.05, 0.1) is 0 Å². The Labute approximate surface area is 157 Å². The summed E-state index contributed by atoms with van der Waals surface area (Å²) in [5.41, 5.74) is 0.895. The van der Waals surface area contributed by atoms with Gasteiger partial charge in [-0.3, -0.25) is 4.79 Å². The number of rotatable bonds is 4. The Hall–Kier alpha value is -1.62. The number of amides is 1. The fraction of sp³-hybridized carbons (Fsp3) is 0.500. The third kappa shape index (κ3) is 4.72. The van der Waals surface area contributed by atoms with E-state index in [0.29, 0.717) is 12.0 Å². The van der Waals surface area contributed by atoms with E-state index < -0.39 is 5.97 Å². The largest absolute Gasteiger partial charge is 0.452 e. The summed E-state index contributed by atoms with van der Waals surface area (Å²) in [7, 11) is 0. The van der Waals surface area contributed by atoms with Gasteiger partial charge in [-0.05, 0) is 49.3 Å². The molecule has 1 saturated heterocycles. The third-order valence-electron chi connectivity index (χ3n) is 5.21. The molecule has 1 aliphatic heterocycles. The van der Waals surface area contributed by atoms with Crippen LogP contribution in [-0.4, -0.2) is 36.0 Å². The van der Waals surface area contributed by atoms with Crippen LogP contribution in [0.15, 0.2) is 34.8 Å². The lowest BCUT2D eigenvalue weighted by Crippen LogP contribution is -2.50. The lowest BCUT2D eigenvalue weighted by Gasteiger charge is -2.44. The topological polar surface area (TPSA) is 46.6 Å². The molecule has 1 heterocycles. The number of fused-ring (bicyclic) bond motifs is 1. The van der Waals surface area contributed by atoms with Crippen molar-refractivity contribution in [2.45, 2.75) is 44.6 Å². The van der Waals surface area contributed by atoms with Crippen molar-refractivity contribution in [1.82, 2.24) is 4.90 Å². The van der Waals surface area contributed by atoms with Crippen molar-refractivity contribution in [1.29, 1.82) is 0 Å². The monoisotopic (exact) mass is 405 g/mol. The van der Waals surface area contributed by atoms with Crippen LogP contribution in [0.25, 0.3) is 6.08 Å².